The second-order valence-electron chi connectivity index (χ2n) is 8.09. The fourth-order valence-electron chi connectivity index (χ4n) is 4.95. The lowest BCUT2D eigenvalue weighted by Crippen LogP contribution is -2.43. The highest BCUT2D eigenvalue weighted by molar-refractivity contribution is 14.0. The summed E-state index contributed by atoms with van der Waals surface area (Å²) in [5, 5.41) is 3.62. The molecule has 2 aliphatic heterocycles. The molecule has 24 heavy (non-hydrogen) atoms. The van der Waals surface area contributed by atoms with E-state index in [1.165, 1.54) is 84.0 Å². The van der Waals surface area contributed by atoms with Crippen LogP contribution >= 0.6 is 24.0 Å². The molecule has 0 radical (unpaired) electrons. The molecule has 0 aromatic heterocycles. The zero-order valence-corrected chi connectivity index (χ0v) is 18.1. The van der Waals surface area contributed by atoms with Crippen molar-refractivity contribution in [2.24, 2.45) is 10.4 Å². The Labute approximate surface area is 165 Å². The molecule has 4 nitrogen and oxygen atoms in total. The average Bonchev–Trinajstić information content (AvgIpc) is 3.20. The molecule has 140 valence electrons. The van der Waals surface area contributed by atoms with Gasteiger partial charge in [0.2, 0.25) is 0 Å². The molecule has 5 heteroatoms. The van der Waals surface area contributed by atoms with Gasteiger partial charge in [-0.05, 0) is 57.4 Å². The smallest absolute Gasteiger partial charge is 0.193 e. The number of guanidine groups is 1. The van der Waals surface area contributed by atoms with E-state index >= 15 is 0 Å². The van der Waals surface area contributed by atoms with Gasteiger partial charge in [-0.2, -0.15) is 0 Å². The first-order chi connectivity index (χ1) is 11.2. The monoisotopic (exact) mass is 448 g/mol. The summed E-state index contributed by atoms with van der Waals surface area (Å²) in [4.78, 5) is 9.71. The SMILES string of the molecule is CN=C(NCCCN1CCCCC1C)N1CCC2(CCCC2)C1.I. The van der Waals surface area contributed by atoms with Crippen LogP contribution in [-0.2, 0) is 0 Å². The van der Waals surface area contributed by atoms with Crippen LogP contribution in [-0.4, -0.2) is 61.6 Å². The maximum Gasteiger partial charge on any atom is 0.193 e. The van der Waals surface area contributed by atoms with Gasteiger partial charge in [-0.1, -0.05) is 19.3 Å². The van der Waals surface area contributed by atoms with Crippen molar-refractivity contribution in [1.82, 2.24) is 15.1 Å². The van der Waals surface area contributed by atoms with Crippen molar-refractivity contribution in [1.29, 1.82) is 0 Å². The van der Waals surface area contributed by atoms with Crippen molar-refractivity contribution in [3.05, 3.63) is 0 Å². The predicted molar refractivity (Wildman–Crippen MR) is 113 cm³/mol. The highest BCUT2D eigenvalue weighted by Crippen LogP contribution is 2.45. The minimum absolute atomic E-state index is 0. The fraction of sp³-hybridized carbons (Fsp3) is 0.947. The first kappa shape index (κ1) is 20.3. The Morgan fingerprint density at radius 1 is 1.12 bits per heavy atom. The maximum atomic E-state index is 4.54. The van der Waals surface area contributed by atoms with Crippen molar-refractivity contribution >= 4 is 29.9 Å². The lowest BCUT2D eigenvalue weighted by molar-refractivity contribution is 0.159. The third-order valence-electron chi connectivity index (χ3n) is 6.46. The van der Waals surface area contributed by atoms with E-state index in [2.05, 4.69) is 27.0 Å². The fourth-order valence-corrected chi connectivity index (χ4v) is 4.95. The molecule has 3 aliphatic rings. The molecular formula is C19H37IN4. The van der Waals surface area contributed by atoms with E-state index in [0.29, 0.717) is 5.41 Å². The molecule has 0 bridgehead atoms. The first-order valence-corrected chi connectivity index (χ1v) is 9.92. The maximum absolute atomic E-state index is 4.54. The first-order valence-electron chi connectivity index (χ1n) is 9.92. The predicted octanol–water partition coefficient (Wildman–Crippen LogP) is 3.71. The average molecular weight is 448 g/mol. The number of hydrogen-bond acceptors (Lipinski definition) is 2. The molecule has 1 N–H and O–H groups in total. The van der Waals surface area contributed by atoms with Crippen molar-refractivity contribution in [3.63, 3.8) is 0 Å². The molecule has 2 heterocycles. The number of halogens is 1. The number of rotatable bonds is 4. The van der Waals surface area contributed by atoms with Gasteiger partial charge in [-0.25, -0.2) is 0 Å². The van der Waals surface area contributed by atoms with Crippen LogP contribution in [0.5, 0.6) is 0 Å². The highest BCUT2D eigenvalue weighted by Gasteiger charge is 2.40. The van der Waals surface area contributed by atoms with Crippen LogP contribution in [0.4, 0.5) is 0 Å². The highest BCUT2D eigenvalue weighted by atomic mass is 127. The Morgan fingerprint density at radius 2 is 1.92 bits per heavy atom. The largest absolute Gasteiger partial charge is 0.356 e. The van der Waals surface area contributed by atoms with Crippen LogP contribution in [0, 0.1) is 5.41 Å². The molecule has 3 rings (SSSR count). The van der Waals surface area contributed by atoms with Gasteiger partial charge in [-0.3, -0.25) is 4.99 Å². The molecule has 1 spiro atoms. The topological polar surface area (TPSA) is 30.9 Å². The Balaban J connectivity index is 0.00000208. The molecule has 0 aromatic rings. The molecule has 1 aliphatic carbocycles. The summed E-state index contributed by atoms with van der Waals surface area (Å²) < 4.78 is 0. The van der Waals surface area contributed by atoms with Gasteiger partial charge in [-0.15, -0.1) is 24.0 Å². The number of likely N-dealkylation sites (tertiary alicyclic amines) is 2. The number of piperidine rings is 1. The van der Waals surface area contributed by atoms with Crippen LogP contribution < -0.4 is 5.32 Å². The zero-order valence-electron chi connectivity index (χ0n) is 15.7. The van der Waals surface area contributed by atoms with E-state index in [4.69, 9.17) is 0 Å². The second kappa shape index (κ2) is 9.60. The van der Waals surface area contributed by atoms with E-state index in [9.17, 15) is 0 Å². The van der Waals surface area contributed by atoms with Gasteiger partial charge in [0, 0.05) is 39.3 Å². The van der Waals surface area contributed by atoms with E-state index in [1.54, 1.807) is 0 Å². The van der Waals surface area contributed by atoms with Crippen molar-refractivity contribution in [2.45, 2.75) is 70.8 Å². The second-order valence-corrected chi connectivity index (χ2v) is 8.09. The molecule has 1 unspecified atom stereocenters. The van der Waals surface area contributed by atoms with Crippen molar-refractivity contribution in [2.75, 3.05) is 39.8 Å². The quantitative estimate of drug-likeness (QED) is 0.308. The molecule has 3 fully saturated rings. The Morgan fingerprint density at radius 3 is 2.62 bits per heavy atom. The Hall–Kier alpha value is -0.0400. The van der Waals surface area contributed by atoms with Crippen LogP contribution in [0.1, 0.15) is 64.7 Å². The van der Waals surface area contributed by atoms with E-state index < -0.39 is 0 Å². The van der Waals surface area contributed by atoms with Gasteiger partial charge in [0.15, 0.2) is 5.96 Å². The summed E-state index contributed by atoms with van der Waals surface area (Å²) in [5.41, 5.74) is 0.626. The number of hydrogen-bond donors (Lipinski definition) is 1. The summed E-state index contributed by atoms with van der Waals surface area (Å²) in [7, 11) is 1.94. The summed E-state index contributed by atoms with van der Waals surface area (Å²) in [6, 6.07) is 0.781. The minimum Gasteiger partial charge on any atom is -0.356 e. The van der Waals surface area contributed by atoms with E-state index in [-0.39, 0.29) is 24.0 Å². The van der Waals surface area contributed by atoms with Crippen LogP contribution in [0.25, 0.3) is 0 Å². The lowest BCUT2D eigenvalue weighted by Gasteiger charge is -2.33. The van der Waals surface area contributed by atoms with Gasteiger partial charge in [0.25, 0.3) is 0 Å². The molecular weight excluding hydrogens is 411 g/mol. The molecule has 0 amide bonds. The number of nitrogens with zero attached hydrogens (tertiary/aromatic N) is 3. The molecule has 2 saturated heterocycles. The van der Waals surface area contributed by atoms with Crippen LogP contribution in [0.15, 0.2) is 4.99 Å². The minimum atomic E-state index is 0. The van der Waals surface area contributed by atoms with Gasteiger partial charge in [0.05, 0.1) is 0 Å². The Bertz CT molecular complexity index is 406. The van der Waals surface area contributed by atoms with E-state index in [1.807, 2.05) is 7.05 Å². The van der Waals surface area contributed by atoms with Gasteiger partial charge in [0.1, 0.15) is 0 Å². The third kappa shape index (κ3) is 4.99. The van der Waals surface area contributed by atoms with Crippen LogP contribution in [0.2, 0.25) is 0 Å². The molecule has 0 aromatic carbocycles. The van der Waals surface area contributed by atoms with Crippen molar-refractivity contribution < 1.29 is 0 Å². The van der Waals surface area contributed by atoms with Gasteiger partial charge < -0.3 is 15.1 Å². The normalized spacial score (nSPS) is 27.5. The van der Waals surface area contributed by atoms with Crippen molar-refractivity contribution in [3.8, 4) is 0 Å². The summed E-state index contributed by atoms with van der Waals surface area (Å²) in [6.45, 7) is 8.40. The van der Waals surface area contributed by atoms with Gasteiger partial charge >= 0.3 is 0 Å². The van der Waals surface area contributed by atoms with E-state index in [0.717, 1.165) is 18.5 Å². The standard InChI is InChI=1S/C19H36N4.HI/c1-17-8-3-6-13-22(17)14-7-12-21-18(20-2)23-15-11-19(16-23)9-4-5-10-19;/h17H,3-16H2,1-2H3,(H,20,21);1H. The summed E-state index contributed by atoms with van der Waals surface area (Å²) in [6.07, 6.45) is 12.5. The number of aliphatic imine (C=N–C) groups is 1. The summed E-state index contributed by atoms with van der Waals surface area (Å²) >= 11 is 0. The zero-order chi connectivity index (χ0) is 16.1. The molecule has 1 saturated carbocycles. The Kier molecular flexibility index (Phi) is 8.11. The van der Waals surface area contributed by atoms with Crippen LogP contribution in [0.3, 0.4) is 0 Å². The summed E-state index contributed by atoms with van der Waals surface area (Å²) in [5.74, 6) is 1.14. The third-order valence-corrected chi connectivity index (χ3v) is 6.46. The molecule has 1 atom stereocenters. The number of nitrogens with one attached hydrogen (secondary N) is 1. The lowest BCUT2D eigenvalue weighted by atomic mass is 9.86.